The Labute approximate surface area is 144 Å². The molecule has 0 saturated carbocycles. The van der Waals surface area contributed by atoms with Crippen LogP contribution in [0.4, 0.5) is 13.2 Å². The van der Waals surface area contributed by atoms with E-state index in [1.54, 1.807) is 6.92 Å². The number of aliphatic hydroxyl groups is 1. The number of halogens is 3. The van der Waals surface area contributed by atoms with Crippen LogP contribution in [0, 0.1) is 0 Å². The number of nitrogens with zero attached hydrogens (tertiary/aromatic N) is 2. The van der Waals surface area contributed by atoms with Crippen LogP contribution < -0.4 is 5.56 Å². The number of rotatable bonds is 4. The lowest BCUT2D eigenvalue weighted by Crippen LogP contribution is -2.42. The zero-order valence-corrected chi connectivity index (χ0v) is 14.8. The van der Waals surface area contributed by atoms with Crippen molar-refractivity contribution in [2.75, 3.05) is 0 Å². The molecule has 0 radical (unpaired) electrons. The van der Waals surface area contributed by atoms with Crippen molar-refractivity contribution < 1.29 is 18.3 Å². The van der Waals surface area contributed by atoms with Crippen molar-refractivity contribution >= 4 is 0 Å². The molecule has 1 atom stereocenters. The highest BCUT2D eigenvalue weighted by atomic mass is 19.4. The lowest BCUT2D eigenvalue weighted by Gasteiger charge is -2.30. The Balaban J connectivity index is 0.00000151. The monoisotopic (exact) mass is 356 g/mol. The van der Waals surface area contributed by atoms with Gasteiger partial charge in [0, 0.05) is 18.7 Å². The molecule has 0 bridgehead atoms. The number of aryl methyl sites for hydroxylation is 1. The number of benzene rings is 1. The van der Waals surface area contributed by atoms with Crippen molar-refractivity contribution in [2.24, 2.45) is 7.05 Å². The average molecular weight is 356 g/mol. The van der Waals surface area contributed by atoms with Gasteiger partial charge in [0.25, 0.3) is 5.56 Å². The van der Waals surface area contributed by atoms with Crippen LogP contribution in [-0.4, -0.2) is 21.1 Å². The van der Waals surface area contributed by atoms with Gasteiger partial charge in [0.2, 0.25) is 0 Å². The third-order valence-electron chi connectivity index (χ3n) is 3.74. The molecule has 138 valence electrons. The van der Waals surface area contributed by atoms with Crippen molar-refractivity contribution in [3.05, 3.63) is 52.4 Å². The Morgan fingerprint density at radius 3 is 2.12 bits per heavy atom. The zero-order valence-electron chi connectivity index (χ0n) is 14.8. The van der Waals surface area contributed by atoms with E-state index >= 15 is 0 Å². The van der Waals surface area contributed by atoms with Crippen LogP contribution in [0.1, 0.15) is 39.2 Å². The van der Waals surface area contributed by atoms with Crippen LogP contribution >= 0.6 is 0 Å². The number of aromatic nitrogens is 2. The molecule has 0 aliphatic heterocycles. The summed E-state index contributed by atoms with van der Waals surface area (Å²) in [5.74, 6) is 0. The van der Waals surface area contributed by atoms with Gasteiger partial charge in [-0.2, -0.15) is 18.3 Å². The molecule has 1 heterocycles. The van der Waals surface area contributed by atoms with Gasteiger partial charge in [-0.05, 0) is 17.5 Å². The Bertz CT molecular complexity index is 739. The van der Waals surface area contributed by atoms with Gasteiger partial charge in [-0.1, -0.05) is 51.5 Å². The fourth-order valence-electron chi connectivity index (χ4n) is 2.38. The van der Waals surface area contributed by atoms with Gasteiger partial charge in [0.1, 0.15) is 0 Å². The predicted molar refractivity (Wildman–Crippen MR) is 91.1 cm³/mol. The van der Waals surface area contributed by atoms with Gasteiger partial charge in [-0.25, -0.2) is 4.68 Å². The molecule has 7 heteroatoms. The Morgan fingerprint density at radius 1 is 1.12 bits per heavy atom. The molecule has 0 amide bonds. The summed E-state index contributed by atoms with van der Waals surface area (Å²) >= 11 is 0. The Kier molecular flexibility index (Phi) is 6.93. The molecule has 0 fully saturated rings. The van der Waals surface area contributed by atoms with Crippen molar-refractivity contribution in [1.29, 1.82) is 0 Å². The molecule has 25 heavy (non-hydrogen) atoms. The van der Waals surface area contributed by atoms with Crippen LogP contribution in [0.3, 0.4) is 0 Å². The lowest BCUT2D eigenvalue weighted by molar-refractivity contribution is -0.269. The largest absolute Gasteiger partial charge is 0.421 e. The van der Waals surface area contributed by atoms with Crippen molar-refractivity contribution in [1.82, 2.24) is 9.78 Å². The molecule has 1 unspecified atom stereocenters. The minimum absolute atomic E-state index is 0.191. The van der Waals surface area contributed by atoms with Crippen LogP contribution in [0.2, 0.25) is 0 Å². The van der Waals surface area contributed by atoms with Crippen LogP contribution in [0.15, 0.2) is 41.3 Å². The summed E-state index contributed by atoms with van der Waals surface area (Å²) < 4.78 is 40.7. The summed E-state index contributed by atoms with van der Waals surface area (Å²) in [6, 6.07) is 6.70. The number of alkyl halides is 3. The first kappa shape index (κ1) is 20.9. The summed E-state index contributed by atoms with van der Waals surface area (Å²) in [6.07, 6.45) is -3.52. The molecule has 2 rings (SSSR count). The van der Waals surface area contributed by atoms with E-state index in [4.69, 9.17) is 0 Å². The van der Waals surface area contributed by atoms with E-state index in [0.29, 0.717) is 11.1 Å². The third kappa shape index (κ3) is 4.48. The molecular formula is C18H23F3N2O2. The van der Waals surface area contributed by atoms with E-state index in [-0.39, 0.29) is 17.5 Å². The van der Waals surface area contributed by atoms with Crippen LogP contribution in [0.5, 0.6) is 0 Å². The zero-order chi connectivity index (χ0) is 19.3. The minimum atomic E-state index is -4.76. The smallest absolute Gasteiger partial charge is 0.376 e. The van der Waals surface area contributed by atoms with Gasteiger partial charge in [0.15, 0.2) is 5.60 Å². The quantitative estimate of drug-likeness (QED) is 0.900. The maximum Gasteiger partial charge on any atom is 0.421 e. The molecule has 1 aromatic carbocycles. The van der Waals surface area contributed by atoms with Gasteiger partial charge >= 0.3 is 6.18 Å². The molecule has 2 aromatic rings. The van der Waals surface area contributed by atoms with E-state index in [0.717, 1.165) is 4.68 Å². The van der Waals surface area contributed by atoms with Gasteiger partial charge in [-0.15, -0.1) is 0 Å². The standard InChI is InChI=1S/C16H17F3N2O2.C2H6/c1-3-8-15(23,16(17,18)19)13-6-4-11(5-7-13)12-9-14(22)21(2)20-10-12;1-2/h4-7,9-10,23H,3,8H2,1-2H3;1-2H3. The van der Waals surface area contributed by atoms with Crippen molar-refractivity contribution in [3.63, 3.8) is 0 Å². The average Bonchev–Trinajstić information content (AvgIpc) is 2.58. The molecule has 1 aromatic heterocycles. The summed E-state index contributed by atoms with van der Waals surface area (Å²) in [4.78, 5) is 11.6. The lowest BCUT2D eigenvalue weighted by atomic mass is 9.87. The normalized spacial score (nSPS) is 13.6. The minimum Gasteiger partial charge on any atom is -0.376 e. The van der Waals surface area contributed by atoms with Crippen LogP contribution in [0.25, 0.3) is 11.1 Å². The summed E-state index contributed by atoms with van der Waals surface area (Å²) in [6.45, 7) is 5.58. The second-order valence-corrected chi connectivity index (χ2v) is 5.39. The molecule has 0 aliphatic carbocycles. The molecule has 0 saturated heterocycles. The van der Waals surface area contributed by atoms with E-state index in [9.17, 15) is 23.1 Å². The van der Waals surface area contributed by atoms with E-state index in [2.05, 4.69) is 5.10 Å². The number of hydrogen-bond acceptors (Lipinski definition) is 3. The first-order chi connectivity index (χ1) is 11.7. The second kappa shape index (κ2) is 8.29. The molecule has 0 aliphatic rings. The fourth-order valence-corrected chi connectivity index (χ4v) is 2.38. The highest BCUT2D eigenvalue weighted by Gasteiger charge is 2.54. The highest BCUT2D eigenvalue weighted by molar-refractivity contribution is 5.62. The maximum absolute atomic E-state index is 13.2. The molecule has 4 nitrogen and oxygen atoms in total. The molecular weight excluding hydrogens is 333 g/mol. The van der Waals surface area contributed by atoms with Gasteiger partial charge < -0.3 is 5.11 Å². The maximum atomic E-state index is 13.2. The van der Waals surface area contributed by atoms with Gasteiger partial charge in [0.05, 0.1) is 6.20 Å². The topological polar surface area (TPSA) is 55.1 Å². The third-order valence-corrected chi connectivity index (χ3v) is 3.74. The van der Waals surface area contributed by atoms with Crippen molar-refractivity contribution in [3.8, 4) is 11.1 Å². The SMILES string of the molecule is CC.CCCC(O)(c1ccc(-c2cnn(C)c(=O)c2)cc1)C(F)(F)F. The van der Waals surface area contributed by atoms with Crippen LogP contribution in [-0.2, 0) is 12.6 Å². The van der Waals surface area contributed by atoms with E-state index in [1.807, 2.05) is 13.8 Å². The highest BCUT2D eigenvalue weighted by Crippen LogP contribution is 2.42. The predicted octanol–water partition coefficient (Wildman–Crippen LogP) is 4.02. The summed E-state index contributed by atoms with van der Waals surface area (Å²) in [7, 11) is 1.50. The van der Waals surface area contributed by atoms with Crippen molar-refractivity contribution in [2.45, 2.75) is 45.4 Å². The van der Waals surface area contributed by atoms with Gasteiger partial charge in [-0.3, -0.25) is 4.79 Å². The summed E-state index contributed by atoms with van der Waals surface area (Å²) in [5, 5.41) is 13.9. The fraction of sp³-hybridized carbons (Fsp3) is 0.444. The first-order valence-corrected chi connectivity index (χ1v) is 8.12. The van der Waals surface area contributed by atoms with E-state index < -0.39 is 18.2 Å². The van der Waals surface area contributed by atoms with E-state index in [1.165, 1.54) is 43.6 Å². The molecule has 1 N–H and O–H groups in total. The Morgan fingerprint density at radius 2 is 1.68 bits per heavy atom. The second-order valence-electron chi connectivity index (χ2n) is 5.39. The first-order valence-electron chi connectivity index (χ1n) is 8.12. The Hall–Kier alpha value is -2.15. The summed E-state index contributed by atoms with van der Waals surface area (Å²) in [5.41, 5.74) is -2.34. The molecule has 0 spiro atoms. The number of hydrogen-bond donors (Lipinski definition) is 1.